The highest BCUT2D eigenvalue weighted by molar-refractivity contribution is 4.91. The van der Waals surface area contributed by atoms with E-state index in [1.807, 2.05) is 0 Å². The number of hydrogen-bond donors (Lipinski definition) is 5. The second-order valence-corrected chi connectivity index (χ2v) is 3.57. The molecule has 0 aromatic heterocycles. The Morgan fingerprint density at radius 2 is 1.54 bits per heavy atom. The summed E-state index contributed by atoms with van der Waals surface area (Å²) in [6, 6.07) is 0. The van der Waals surface area contributed by atoms with Gasteiger partial charge in [0, 0.05) is 19.1 Å². The summed E-state index contributed by atoms with van der Waals surface area (Å²) >= 11 is 0. The van der Waals surface area contributed by atoms with Crippen LogP contribution in [0.5, 0.6) is 0 Å². The molecule has 5 N–H and O–H groups in total. The van der Waals surface area contributed by atoms with Crippen molar-refractivity contribution in [3.8, 4) is 0 Å². The molecule has 1 fully saturated rings. The largest absolute Gasteiger partial charge is 0.396 e. The normalized spacial score (nSPS) is 46.4. The molecule has 1 saturated carbocycles. The Hall–Kier alpha value is -0.200. The summed E-state index contributed by atoms with van der Waals surface area (Å²) in [5, 5.41) is 45.8. The zero-order valence-electron chi connectivity index (χ0n) is 7.24. The van der Waals surface area contributed by atoms with Crippen LogP contribution >= 0.6 is 0 Å². The molecule has 0 bridgehead atoms. The third-order valence-electron chi connectivity index (χ3n) is 2.78. The Bertz CT molecular complexity index is 161. The maximum Gasteiger partial charge on any atom is 0.106 e. The highest BCUT2D eigenvalue weighted by Gasteiger charge is 2.41. The lowest BCUT2D eigenvalue weighted by atomic mass is 9.75. The lowest BCUT2D eigenvalue weighted by molar-refractivity contribution is -0.144. The first kappa shape index (κ1) is 10.9. The molecule has 0 aromatic rings. The Balaban J connectivity index is 2.69. The van der Waals surface area contributed by atoms with E-state index in [9.17, 15) is 15.3 Å². The first-order chi connectivity index (χ1) is 6.11. The molecule has 0 saturated heterocycles. The SMILES string of the molecule is OC[C@H]1C[C@@H](O)[C@H](O)[C@H](O)[C@H]1CO. The molecule has 1 rings (SSSR count). The monoisotopic (exact) mass is 192 g/mol. The van der Waals surface area contributed by atoms with Gasteiger partial charge >= 0.3 is 0 Å². The van der Waals surface area contributed by atoms with Crippen LogP contribution < -0.4 is 0 Å². The van der Waals surface area contributed by atoms with Crippen LogP contribution in [0, 0.1) is 11.8 Å². The van der Waals surface area contributed by atoms with Crippen molar-refractivity contribution in [1.82, 2.24) is 0 Å². The van der Waals surface area contributed by atoms with Crippen LogP contribution in [0.25, 0.3) is 0 Å². The Morgan fingerprint density at radius 3 is 2.00 bits per heavy atom. The smallest absolute Gasteiger partial charge is 0.106 e. The van der Waals surface area contributed by atoms with E-state index in [4.69, 9.17) is 10.2 Å². The second kappa shape index (κ2) is 4.34. The van der Waals surface area contributed by atoms with Gasteiger partial charge in [-0.1, -0.05) is 0 Å². The van der Waals surface area contributed by atoms with Gasteiger partial charge in [-0.15, -0.1) is 0 Å². The highest BCUT2D eigenvalue weighted by atomic mass is 16.4. The van der Waals surface area contributed by atoms with Crippen LogP contribution in [0.1, 0.15) is 6.42 Å². The summed E-state index contributed by atoms with van der Waals surface area (Å²) in [6.07, 6.45) is -3.19. The molecule has 78 valence electrons. The predicted molar refractivity (Wildman–Crippen MR) is 43.8 cm³/mol. The van der Waals surface area contributed by atoms with Crippen LogP contribution in [0.15, 0.2) is 0 Å². The van der Waals surface area contributed by atoms with E-state index in [2.05, 4.69) is 0 Å². The van der Waals surface area contributed by atoms with Gasteiger partial charge in [0.15, 0.2) is 0 Å². The molecule has 0 radical (unpaired) electrons. The van der Waals surface area contributed by atoms with Gasteiger partial charge in [-0.25, -0.2) is 0 Å². The van der Waals surface area contributed by atoms with E-state index in [-0.39, 0.29) is 25.6 Å². The predicted octanol–water partition coefficient (Wildman–Crippen LogP) is -2.31. The van der Waals surface area contributed by atoms with Crippen molar-refractivity contribution in [2.24, 2.45) is 11.8 Å². The summed E-state index contributed by atoms with van der Waals surface area (Å²) in [5.41, 5.74) is 0. The standard InChI is InChI=1S/C8H16O5/c9-2-4-1-6(11)8(13)7(12)5(4)3-10/h4-13H,1-3H2/t4-,5+,6-,7-,8+/m1/s1. The lowest BCUT2D eigenvalue weighted by Gasteiger charge is -2.39. The molecule has 0 aliphatic heterocycles. The maximum atomic E-state index is 9.43. The number of hydrogen-bond acceptors (Lipinski definition) is 5. The molecule has 1 aliphatic rings. The number of aliphatic hydroxyl groups excluding tert-OH is 5. The van der Waals surface area contributed by atoms with Gasteiger partial charge in [0.05, 0.1) is 12.2 Å². The Morgan fingerprint density at radius 1 is 0.923 bits per heavy atom. The van der Waals surface area contributed by atoms with Gasteiger partial charge in [0.25, 0.3) is 0 Å². The van der Waals surface area contributed by atoms with Gasteiger partial charge in [-0.05, 0) is 12.3 Å². The minimum atomic E-state index is -1.22. The minimum absolute atomic E-state index is 0.202. The van der Waals surface area contributed by atoms with E-state index < -0.39 is 24.2 Å². The van der Waals surface area contributed by atoms with Crippen molar-refractivity contribution in [3.63, 3.8) is 0 Å². The molecular formula is C8H16O5. The zero-order valence-corrected chi connectivity index (χ0v) is 7.24. The molecule has 5 atom stereocenters. The third kappa shape index (κ3) is 2.00. The number of aliphatic hydroxyl groups is 5. The first-order valence-electron chi connectivity index (χ1n) is 4.37. The van der Waals surface area contributed by atoms with Crippen molar-refractivity contribution in [2.75, 3.05) is 13.2 Å². The summed E-state index contributed by atoms with van der Waals surface area (Å²) in [6.45, 7) is -0.498. The molecule has 13 heavy (non-hydrogen) atoms. The topological polar surface area (TPSA) is 101 Å². The summed E-state index contributed by atoms with van der Waals surface area (Å²) < 4.78 is 0. The van der Waals surface area contributed by atoms with Crippen molar-refractivity contribution < 1.29 is 25.5 Å². The van der Waals surface area contributed by atoms with Crippen LogP contribution in [-0.2, 0) is 0 Å². The Labute approximate surface area is 76.3 Å². The number of rotatable bonds is 2. The first-order valence-corrected chi connectivity index (χ1v) is 4.37. The lowest BCUT2D eigenvalue weighted by Crippen LogP contribution is -2.52. The van der Waals surface area contributed by atoms with Gasteiger partial charge in [0.2, 0.25) is 0 Å². The minimum Gasteiger partial charge on any atom is -0.396 e. The zero-order chi connectivity index (χ0) is 10.0. The van der Waals surface area contributed by atoms with Crippen LogP contribution in [0.2, 0.25) is 0 Å². The fourth-order valence-corrected chi connectivity index (χ4v) is 1.85. The van der Waals surface area contributed by atoms with Crippen molar-refractivity contribution in [2.45, 2.75) is 24.7 Å². The third-order valence-corrected chi connectivity index (χ3v) is 2.78. The van der Waals surface area contributed by atoms with Crippen LogP contribution in [-0.4, -0.2) is 57.1 Å². The molecular weight excluding hydrogens is 176 g/mol. The molecule has 1 aliphatic carbocycles. The van der Waals surface area contributed by atoms with Gasteiger partial charge < -0.3 is 25.5 Å². The summed E-state index contributed by atoms with van der Waals surface area (Å²) in [7, 11) is 0. The molecule has 0 aromatic carbocycles. The van der Waals surface area contributed by atoms with Gasteiger partial charge in [-0.3, -0.25) is 0 Å². The van der Waals surface area contributed by atoms with E-state index in [1.165, 1.54) is 0 Å². The van der Waals surface area contributed by atoms with Crippen LogP contribution in [0.3, 0.4) is 0 Å². The fourth-order valence-electron chi connectivity index (χ4n) is 1.85. The van der Waals surface area contributed by atoms with E-state index in [0.29, 0.717) is 0 Å². The quantitative estimate of drug-likeness (QED) is 0.338. The average molecular weight is 192 g/mol. The maximum absolute atomic E-state index is 9.43. The molecule has 0 heterocycles. The molecule has 0 unspecified atom stereocenters. The second-order valence-electron chi connectivity index (χ2n) is 3.57. The van der Waals surface area contributed by atoms with Crippen molar-refractivity contribution in [3.05, 3.63) is 0 Å². The van der Waals surface area contributed by atoms with E-state index in [0.717, 1.165) is 0 Å². The van der Waals surface area contributed by atoms with Crippen LogP contribution in [0.4, 0.5) is 0 Å². The Kier molecular flexibility index (Phi) is 3.63. The molecule has 5 nitrogen and oxygen atoms in total. The van der Waals surface area contributed by atoms with Gasteiger partial charge in [0.1, 0.15) is 6.10 Å². The van der Waals surface area contributed by atoms with Crippen molar-refractivity contribution in [1.29, 1.82) is 0 Å². The van der Waals surface area contributed by atoms with E-state index >= 15 is 0 Å². The average Bonchev–Trinajstić information content (AvgIpc) is 2.13. The molecule has 0 amide bonds. The molecule has 0 spiro atoms. The highest BCUT2D eigenvalue weighted by Crippen LogP contribution is 2.30. The van der Waals surface area contributed by atoms with Gasteiger partial charge in [-0.2, -0.15) is 0 Å². The fraction of sp³-hybridized carbons (Fsp3) is 1.00. The summed E-state index contributed by atoms with van der Waals surface area (Å²) in [5.74, 6) is -0.901. The van der Waals surface area contributed by atoms with Crippen molar-refractivity contribution >= 4 is 0 Å². The summed E-state index contributed by atoms with van der Waals surface area (Å²) in [4.78, 5) is 0. The van der Waals surface area contributed by atoms with E-state index in [1.54, 1.807) is 0 Å². The molecule has 5 heteroatoms.